The van der Waals surface area contributed by atoms with E-state index in [1.165, 1.54) is 0 Å². The predicted octanol–water partition coefficient (Wildman–Crippen LogP) is 3.55. The van der Waals surface area contributed by atoms with Crippen molar-refractivity contribution in [3.05, 3.63) is 18.2 Å². The van der Waals surface area contributed by atoms with Crippen molar-refractivity contribution in [2.24, 2.45) is 0 Å². The number of thiazole rings is 1. The molecule has 1 aromatic heterocycles. The second kappa shape index (κ2) is 5.37. The maximum atomic E-state index is 5.62. The van der Waals surface area contributed by atoms with Gasteiger partial charge in [0.05, 0.1) is 16.3 Å². The highest BCUT2D eigenvalue weighted by Crippen LogP contribution is 2.29. The third kappa shape index (κ3) is 2.77. The van der Waals surface area contributed by atoms with Gasteiger partial charge in [0, 0.05) is 7.05 Å². The number of nitrogens with zero attached hydrogens (tertiary/aromatic N) is 1. The molecule has 2 aromatic rings. The molecule has 2 rings (SSSR count). The third-order valence-corrected chi connectivity index (χ3v) is 2.98. The summed E-state index contributed by atoms with van der Waals surface area (Å²) in [4.78, 5) is 4.40. The van der Waals surface area contributed by atoms with Gasteiger partial charge in [-0.15, -0.1) is 12.4 Å². The summed E-state index contributed by atoms with van der Waals surface area (Å²) in [6.45, 7) is 4.05. The highest BCUT2D eigenvalue weighted by atomic mass is 35.5. The van der Waals surface area contributed by atoms with Crippen LogP contribution in [-0.2, 0) is 0 Å². The molecule has 5 heteroatoms. The topological polar surface area (TPSA) is 34.2 Å². The largest absolute Gasteiger partial charge is 0.491 e. The van der Waals surface area contributed by atoms with Crippen molar-refractivity contribution in [2.45, 2.75) is 20.0 Å². The molecular weight excluding hydrogens is 244 g/mol. The van der Waals surface area contributed by atoms with Crippen LogP contribution in [0.3, 0.4) is 0 Å². The van der Waals surface area contributed by atoms with Crippen LogP contribution in [0.2, 0.25) is 0 Å². The summed E-state index contributed by atoms with van der Waals surface area (Å²) in [6, 6.07) is 5.99. The molecule has 0 aliphatic heterocycles. The van der Waals surface area contributed by atoms with Gasteiger partial charge >= 0.3 is 0 Å². The van der Waals surface area contributed by atoms with Gasteiger partial charge in [0.2, 0.25) is 0 Å². The number of aromatic nitrogens is 1. The van der Waals surface area contributed by atoms with Gasteiger partial charge in [-0.05, 0) is 32.0 Å². The monoisotopic (exact) mass is 258 g/mol. The smallest absolute Gasteiger partial charge is 0.183 e. The average molecular weight is 259 g/mol. The molecule has 0 atom stereocenters. The van der Waals surface area contributed by atoms with Crippen molar-refractivity contribution in [1.29, 1.82) is 0 Å². The van der Waals surface area contributed by atoms with Gasteiger partial charge in [-0.1, -0.05) is 11.3 Å². The van der Waals surface area contributed by atoms with E-state index in [2.05, 4.69) is 10.3 Å². The molecular formula is C11H15ClN2OS. The molecule has 0 spiro atoms. The molecule has 0 saturated heterocycles. The van der Waals surface area contributed by atoms with Gasteiger partial charge in [0.1, 0.15) is 5.75 Å². The Kier molecular flexibility index (Phi) is 4.38. The second-order valence-electron chi connectivity index (χ2n) is 3.57. The highest BCUT2D eigenvalue weighted by Gasteiger charge is 2.04. The minimum Gasteiger partial charge on any atom is -0.491 e. The van der Waals surface area contributed by atoms with Crippen LogP contribution < -0.4 is 10.1 Å². The van der Waals surface area contributed by atoms with Crippen LogP contribution in [0.1, 0.15) is 13.8 Å². The van der Waals surface area contributed by atoms with Gasteiger partial charge in [0.25, 0.3) is 0 Å². The van der Waals surface area contributed by atoms with E-state index in [0.717, 1.165) is 21.1 Å². The lowest BCUT2D eigenvalue weighted by atomic mass is 10.3. The van der Waals surface area contributed by atoms with E-state index < -0.39 is 0 Å². The zero-order chi connectivity index (χ0) is 10.8. The van der Waals surface area contributed by atoms with E-state index in [0.29, 0.717) is 0 Å². The first-order valence-electron chi connectivity index (χ1n) is 4.94. The maximum Gasteiger partial charge on any atom is 0.183 e. The van der Waals surface area contributed by atoms with E-state index in [9.17, 15) is 0 Å². The van der Waals surface area contributed by atoms with Gasteiger partial charge in [0.15, 0.2) is 5.13 Å². The Morgan fingerprint density at radius 3 is 2.75 bits per heavy atom. The van der Waals surface area contributed by atoms with Crippen LogP contribution in [0, 0.1) is 0 Å². The van der Waals surface area contributed by atoms with Crippen LogP contribution in [0.15, 0.2) is 18.2 Å². The summed E-state index contributed by atoms with van der Waals surface area (Å²) in [5.74, 6) is 0.906. The van der Waals surface area contributed by atoms with Crippen LogP contribution in [0.25, 0.3) is 10.2 Å². The molecule has 1 heterocycles. The van der Waals surface area contributed by atoms with Crippen molar-refractivity contribution in [3.63, 3.8) is 0 Å². The van der Waals surface area contributed by atoms with Crippen molar-refractivity contribution in [3.8, 4) is 5.75 Å². The second-order valence-corrected chi connectivity index (χ2v) is 4.60. The zero-order valence-corrected chi connectivity index (χ0v) is 11.1. The summed E-state index contributed by atoms with van der Waals surface area (Å²) in [5.41, 5.74) is 1.01. The standard InChI is InChI=1S/C11H14N2OS.ClH/c1-7(2)14-8-4-5-9-10(6-8)15-11(12-3)13-9;/h4-7H,1-3H3,(H,12,13);1H. The van der Waals surface area contributed by atoms with Crippen LogP contribution in [-0.4, -0.2) is 18.1 Å². The van der Waals surface area contributed by atoms with Gasteiger partial charge in [-0.3, -0.25) is 0 Å². The van der Waals surface area contributed by atoms with E-state index in [1.807, 2.05) is 39.1 Å². The molecule has 0 fully saturated rings. The summed E-state index contributed by atoms with van der Waals surface area (Å²) in [7, 11) is 1.88. The van der Waals surface area contributed by atoms with Crippen molar-refractivity contribution < 1.29 is 4.74 Å². The summed E-state index contributed by atoms with van der Waals surface area (Å²) in [6.07, 6.45) is 0.208. The molecule has 0 bridgehead atoms. The lowest BCUT2D eigenvalue weighted by Gasteiger charge is -2.08. The molecule has 0 amide bonds. The first-order chi connectivity index (χ1) is 7.19. The number of anilines is 1. The minimum atomic E-state index is 0. The van der Waals surface area contributed by atoms with Crippen molar-refractivity contribution >= 4 is 39.1 Å². The number of ether oxygens (including phenoxy) is 1. The van der Waals surface area contributed by atoms with Crippen molar-refractivity contribution in [1.82, 2.24) is 4.98 Å². The molecule has 88 valence electrons. The van der Waals surface area contributed by atoms with Gasteiger partial charge in [-0.25, -0.2) is 4.98 Å². The Morgan fingerprint density at radius 2 is 2.12 bits per heavy atom. The molecule has 0 saturated carbocycles. The summed E-state index contributed by atoms with van der Waals surface area (Å²) >= 11 is 1.64. The molecule has 0 radical (unpaired) electrons. The minimum absolute atomic E-state index is 0. The third-order valence-electron chi connectivity index (χ3n) is 1.95. The maximum absolute atomic E-state index is 5.62. The Morgan fingerprint density at radius 1 is 1.38 bits per heavy atom. The molecule has 0 aliphatic rings. The van der Waals surface area contributed by atoms with Crippen LogP contribution >= 0.6 is 23.7 Å². The molecule has 0 unspecified atom stereocenters. The van der Waals surface area contributed by atoms with Crippen LogP contribution in [0.5, 0.6) is 5.75 Å². The fourth-order valence-corrected chi connectivity index (χ4v) is 2.21. The predicted molar refractivity (Wildman–Crippen MR) is 72.2 cm³/mol. The normalized spacial score (nSPS) is 10.2. The zero-order valence-electron chi connectivity index (χ0n) is 9.48. The Bertz CT molecular complexity index is 470. The van der Waals surface area contributed by atoms with Gasteiger partial charge < -0.3 is 10.1 Å². The number of fused-ring (bicyclic) bond motifs is 1. The number of benzene rings is 1. The first-order valence-corrected chi connectivity index (χ1v) is 5.75. The number of rotatable bonds is 3. The number of hydrogen-bond acceptors (Lipinski definition) is 4. The number of hydrogen-bond donors (Lipinski definition) is 1. The van der Waals surface area contributed by atoms with Crippen molar-refractivity contribution in [2.75, 3.05) is 12.4 Å². The Balaban J connectivity index is 0.00000128. The SMILES string of the molecule is CNc1nc2ccc(OC(C)C)cc2s1.Cl. The molecule has 3 nitrogen and oxygen atoms in total. The van der Waals surface area contributed by atoms with E-state index in [-0.39, 0.29) is 18.5 Å². The molecule has 16 heavy (non-hydrogen) atoms. The summed E-state index contributed by atoms with van der Waals surface area (Å²) < 4.78 is 6.77. The number of nitrogens with one attached hydrogen (secondary N) is 1. The lowest BCUT2D eigenvalue weighted by Crippen LogP contribution is -2.04. The fourth-order valence-electron chi connectivity index (χ4n) is 1.36. The Labute approximate surface area is 105 Å². The highest BCUT2D eigenvalue weighted by molar-refractivity contribution is 7.22. The van der Waals surface area contributed by atoms with Crippen LogP contribution in [0.4, 0.5) is 5.13 Å². The average Bonchev–Trinajstić information content (AvgIpc) is 2.58. The lowest BCUT2D eigenvalue weighted by molar-refractivity contribution is 0.243. The summed E-state index contributed by atoms with van der Waals surface area (Å²) in [5, 5.41) is 3.98. The van der Waals surface area contributed by atoms with E-state index in [1.54, 1.807) is 11.3 Å². The fraction of sp³-hybridized carbons (Fsp3) is 0.364. The molecule has 1 aromatic carbocycles. The molecule has 1 N–H and O–H groups in total. The quantitative estimate of drug-likeness (QED) is 0.914. The van der Waals surface area contributed by atoms with E-state index in [4.69, 9.17) is 4.74 Å². The first kappa shape index (κ1) is 13.1. The number of halogens is 1. The van der Waals surface area contributed by atoms with Gasteiger partial charge in [-0.2, -0.15) is 0 Å². The Hall–Kier alpha value is -1.000. The van der Waals surface area contributed by atoms with E-state index >= 15 is 0 Å². The molecule has 0 aliphatic carbocycles.